The first kappa shape index (κ1) is 14.6. The van der Waals surface area contributed by atoms with E-state index >= 15 is 0 Å². The van der Waals surface area contributed by atoms with Gasteiger partial charge in [0.1, 0.15) is 6.04 Å². The van der Waals surface area contributed by atoms with E-state index in [1.807, 2.05) is 6.07 Å². The van der Waals surface area contributed by atoms with Crippen molar-refractivity contribution in [3.63, 3.8) is 0 Å². The van der Waals surface area contributed by atoms with Crippen LogP contribution in [0.25, 0.3) is 0 Å². The second-order valence-corrected chi connectivity index (χ2v) is 5.97. The second-order valence-electron chi connectivity index (χ2n) is 5.97. The smallest absolute Gasteiger partial charge is 0.328 e. The number of amides is 1. The summed E-state index contributed by atoms with van der Waals surface area (Å²) in [6.45, 7) is 0.614. The van der Waals surface area contributed by atoms with Crippen LogP contribution in [-0.4, -0.2) is 36.5 Å². The van der Waals surface area contributed by atoms with Gasteiger partial charge in [0.05, 0.1) is 18.7 Å². The third-order valence-corrected chi connectivity index (χ3v) is 4.85. The minimum Gasteiger partial charge on any atom is -0.467 e. The molecule has 1 saturated carbocycles. The highest BCUT2D eigenvalue weighted by molar-refractivity contribution is 5.97. The highest BCUT2D eigenvalue weighted by atomic mass is 16.5. The van der Waals surface area contributed by atoms with Crippen molar-refractivity contribution in [1.82, 2.24) is 4.90 Å². The van der Waals surface area contributed by atoms with E-state index in [9.17, 15) is 9.59 Å². The topological polar surface area (TPSA) is 70.4 Å². The lowest BCUT2D eigenvalue weighted by Crippen LogP contribution is -2.43. The zero-order valence-corrected chi connectivity index (χ0v) is 12.5. The molecule has 0 bridgehead atoms. The predicted octanol–water partition coefficient (Wildman–Crippen LogP) is 1.97. The highest BCUT2D eigenvalue weighted by Crippen LogP contribution is 2.43. The van der Waals surface area contributed by atoms with Gasteiger partial charge in [0.25, 0.3) is 5.91 Å². The lowest BCUT2D eigenvalue weighted by atomic mass is 9.94. The monoisotopic (exact) mass is 298 g/mol. The summed E-state index contributed by atoms with van der Waals surface area (Å²) in [5, 5.41) is 8.83. The van der Waals surface area contributed by atoms with Crippen molar-refractivity contribution < 1.29 is 14.3 Å². The largest absolute Gasteiger partial charge is 0.467 e. The summed E-state index contributed by atoms with van der Waals surface area (Å²) in [5.74, 6) is 0.131. The number of benzene rings is 1. The van der Waals surface area contributed by atoms with Crippen LogP contribution in [0.5, 0.6) is 0 Å². The molecule has 0 radical (unpaired) electrons. The van der Waals surface area contributed by atoms with E-state index in [-0.39, 0.29) is 17.8 Å². The molecule has 1 heterocycles. The van der Waals surface area contributed by atoms with Gasteiger partial charge in [0, 0.05) is 12.1 Å². The highest BCUT2D eigenvalue weighted by Gasteiger charge is 2.50. The van der Waals surface area contributed by atoms with Gasteiger partial charge < -0.3 is 9.64 Å². The van der Waals surface area contributed by atoms with Crippen LogP contribution in [0.15, 0.2) is 24.3 Å². The standard InChI is InChI=1S/C17H18N2O3/c1-22-17(21)15-14-4-2-3-13(14)10-19(15)16(20)12-7-5-11(9-18)6-8-12/h5-8,13-15H,2-4,10H2,1H3/t13-,14+,15+/m1/s1. The lowest BCUT2D eigenvalue weighted by Gasteiger charge is -2.25. The normalized spacial score (nSPS) is 26.4. The van der Waals surface area contributed by atoms with Crippen LogP contribution in [0.4, 0.5) is 0 Å². The third-order valence-electron chi connectivity index (χ3n) is 4.85. The molecule has 1 aliphatic heterocycles. The number of methoxy groups -OCH3 is 1. The van der Waals surface area contributed by atoms with Crippen molar-refractivity contribution in [3.8, 4) is 6.07 Å². The molecule has 1 aromatic rings. The number of hydrogen-bond donors (Lipinski definition) is 0. The van der Waals surface area contributed by atoms with Crippen molar-refractivity contribution in [1.29, 1.82) is 5.26 Å². The first-order valence-corrected chi connectivity index (χ1v) is 7.54. The molecule has 22 heavy (non-hydrogen) atoms. The molecule has 0 unspecified atom stereocenters. The number of nitriles is 1. The maximum atomic E-state index is 12.7. The summed E-state index contributed by atoms with van der Waals surface area (Å²) in [5.41, 5.74) is 1.02. The Kier molecular flexibility index (Phi) is 3.84. The Labute approximate surface area is 129 Å². The minimum absolute atomic E-state index is 0.158. The Morgan fingerprint density at radius 1 is 1.27 bits per heavy atom. The number of carbonyl (C=O) groups is 2. The van der Waals surface area contributed by atoms with E-state index in [0.29, 0.717) is 23.6 Å². The van der Waals surface area contributed by atoms with Crippen LogP contribution in [0, 0.1) is 23.2 Å². The summed E-state index contributed by atoms with van der Waals surface area (Å²) < 4.78 is 4.92. The molecule has 0 N–H and O–H groups in total. The zero-order valence-electron chi connectivity index (χ0n) is 12.5. The quantitative estimate of drug-likeness (QED) is 0.783. The van der Waals surface area contributed by atoms with Gasteiger partial charge in [-0.15, -0.1) is 0 Å². The Morgan fingerprint density at radius 3 is 2.64 bits per heavy atom. The average molecular weight is 298 g/mol. The Morgan fingerprint density at radius 2 is 2.00 bits per heavy atom. The van der Waals surface area contributed by atoms with E-state index in [0.717, 1.165) is 19.3 Å². The molecule has 0 aromatic heterocycles. The second kappa shape index (κ2) is 5.80. The molecule has 0 spiro atoms. The van der Waals surface area contributed by atoms with E-state index in [1.54, 1.807) is 29.2 Å². The SMILES string of the molecule is COC(=O)[C@@H]1[C@H]2CCC[C@@H]2CN1C(=O)c1ccc(C#N)cc1. The van der Waals surface area contributed by atoms with Crippen LogP contribution in [0.2, 0.25) is 0 Å². The van der Waals surface area contributed by atoms with Gasteiger partial charge >= 0.3 is 5.97 Å². The number of carbonyl (C=O) groups excluding carboxylic acids is 2. The zero-order chi connectivity index (χ0) is 15.7. The molecule has 114 valence electrons. The van der Waals surface area contributed by atoms with Crippen molar-refractivity contribution in [2.75, 3.05) is 13.7 Å². The lowest BCUT2D eigenvalue weighted by molar-refractivity contribution is -0.146. The van der Waals surface area contributed by atoms with E-state index < -0.39 is 6.04 Å². The molecule has 2 fully saturated rings. The molecule has 2 aliphatic rings. The van der Waals surface area contributed by atoms with Crippen molar-refractivity contribution in [2.45, 2.75) is 25.3 Å². The Bertz CT molecular complexity index is 632. The summed E-state index contributed by atoms with van der Waals surface area (Å²) in [6.07, 6.45) is 3.15. The molecule has 1 aromatic carbocycles. The van der Waals surface area contributed by atoms with Gasteiger partial charge in [-0.25, -0.2) is 4.79 Å². The summed E-state index contributed by atoms with van der Waals surface area (Å²) in [6, 6.07) is 8.09. The minimum atomic E-state index is -0.472. The van der Waals surface area contributed by atoms with Gasteiger partial charge in [-0.2, -0.15) is 5.26 Å². The van der Waals surface area contributed by atoms with Gasteiger partial charge in [0.2, 0.25) is 0 Å². The molecule has 3 rings (SSSR count). The number of likely N-dealkylation sites (tertiary alicyclic amines) is 1. The molecule has 5 heteroatoms. The fourth-order valence-electron chi connectivity index (χ4n) is 3.79. The van der Waals surface area contributed by atoms with Crippen molar-refractivity contribution in [3.05, 3.63) is 35.4 Å². The molecular formula is C17H18N2O3. The van der Waals surface area contributed by atoms with Gasteiger partial charge in [-0.05, 0) is 48.9 Å². The first-order chi connectivity index (χ1) is 10.7. The Hall–Kier alpha value is -2.35. The van der Waals surface area contributed by atoms with Gasteiger partial charge in [-0.1, -0.05) is 6.42 Å². The number of rotatable bonds is 2. The maximum Gasteiger partial charge on any atom is 0.328 e. The molecule has 5 nitrogen and oxygen atoms in total. The number of esters is 1. The molecule has 3 atom stereocenters. The Balaban J connectivity index is 1.86. The van der Waals surface area contributed by atoms with Crippen LogP contribution in [0.1, 0.15) is 35.2 Å². The fraction of sp³-hybridized carbons (Fsp3) is 0.471. The summed E-state index contributed by atoms with van der Waals surface area (Å²) >= 11 is 0. The first-order valence-electron chi connectivity index (χ1n) is 7.54. The summed E-state index contributed by atoms with van der Waals surface area (Å²) in [4.78, 5) is 26.5. The van der Waals surface area contributed by atoms with E-state index in [4.69, 9.17) is 10.00 Å². The van der Waals surface area contributed by atoms with Crippen LogP contribution in [-0.2, 0) is 9.53 Å². The average Bonchev–Trinajstić information content (AvgIpc) is 3.14. The van der Waals surface area contributed by atoms with Crippen molar-refractivity contribution >= 4 is 11.9 Å². The third kappa shape index (κ3) is 2.35. The molecule has 1 amide bonds. The number of ether oxygens (including phenoxy) is 1. The van der Waals surface area contributed by atoms with E-state index in [1.165, 1.54) is 7.11 Å². The van der Waals surface area contributed by atoms with Crippen LogP contribution in [0.3, 0.4) is 0 Å². The number of hydrogen-bond acceptors (Lipinski definition) is 4. The molecule has 1 saturated heterocycles. The maximum absolute atomic E-state index is 12.7. The van der Waals surface area contributed by atoms with Crippen LogP contribution < -0.4 is 0 Å². The fourth-order valence-corrected chi connectivity index (χ4v) is 3.79. The molecule has 1 aliphatic carbocycles. The number of fused-ring (bicyclic) bond motifs is 1. The molecular weight excluding hydrogens is 280 g/mol. The van der Waals surface area contributed by atoms with Gasteiger partial charge in [0.15, 0.2) is 0 Å². The van der Waals surface area contributed by atoms with Crippen molar-refractivity contribution in [2.24, 2.45) is 11.8 Å². The number of nitrogens with zero attached hydrogens (tertiary/aromatic N) is 2. The van der Waals surface area contributed by atoms with E-state index in [2.05, 4.69) is 0 Å². The summed E-state index contributed by atoms with van der Waals surface area (Å²) in [7, 11) is 1.37. The van der Waals surface area contributed by atoms with Crippen LogP contribution >= 0.6 is 0 Å². The predicted molar refractivity (Wildman–Crippen MR) is 78.8 cm³/mol. The van der Waals surface area contributed by atoms with Gasteiger partial charge in [-0.3, -0.25) is 4.79 Å².